The van der Waals surface area contributed by atoms with E-state index in [-0.39, 0.29) is 16.4 Å². The largest absolute Gasteiger partial charge is 0.497 e. The Labute approximate surface area is 151 Å². The third kappa shape index (κ3) is 3.80. The van der Waals surface area contributed by atoms with E-state index in [0.29, 0.717) is 22.7 Å². The Morgan fingerprint density at radius 1 is 1.00 bits per heavy atom. The lowest BCUT2D eigenvalue weighted by Gasteiger charge is -2.11. The molecule has 0 fully saturated rings. The number of aromatic nitrogens is 3. The normalized spacial score (nSPS) is 11.2. The van der Waals surface area contributed by atoms with E-state index in [2.05, 4.69) is 15.0 Å². The number of ether oxygens (including phenoxy) is 2. The maximum atomic E-state index is 12.9. The summed E-state index contributed by atoms with van der Waals surface area (Å²) in [5.41, 5.74) is 1.18. The fourth-order valence-electron chi connectivity index (χ4n) is 2.46. The van der Waals surface area contributed by atoms with Crippen molar-refractivity contribution in [1.82, 2.24) is 15.0 Å². The van der Waals surface area contributed by atoms with Crippen molar-refractivity contribution in [1.29, 1.82) is 0 Å². The molecule has 0 unspecified atom stereocenters. The quantitative estimate of drug-likeness (QED) is 0.657. The number of hydrogen-bond acceptors (Lipinski definition) is 7. The minimum absolute atomic E-state index is 0.0701. The maximum absolute atomic E-state index is 12.9. The van der Waals surface area contributed by atoms with Crippen LogP contribution < -0.4 is 9.47 Å². The van der Waals surface area contributed by atoms with E-state index in [1.165, 1.54) is 26.5 Å². The molecule has 7 nitrogen and oxygen atoms in total. The fraction of sp³-hybridized carbons (Fsp3) is 0.167. The van der Waals surface area contributed by atoms with Gasteiger partial charge in [-0.2, -0.15) is 0 Å². The molecule has 0 aliphatic heterocycles. The van der Waals surface area contributed by atoms with Crippen molar-refractivity contribution in [3.05, 3.63) is 60.7 Å². The Hall–Kier alpha value is -3.00. The van der Waals surface area contributed by atoms with E-state index in [0.717, 1.165) is 0 Å². The van der Waals surface area contributed by atoms with Crippen LogP contribution in [0.4, 0.5) is 0 Å². The van der Waals surface area contributed by atoms with Crippen LogP contribution >= 0.6 is 0 Å². The summed E-state index contributed by atoms with van der Waals surface area (Å²) >= 11 is 0. The smallest absolute Gasteiger partial charge is 0.186 e. The molecule has 2 aromatic heterocycles. The minimum Gasteiger partial charge on any atom is -0.497 e. The molecule has 0 aliphatic rings. The van der Waals surface area contributed by atoms with E-state index in [9.17, 15) is 8.42 Å². The third-order valence-electron chi connectivity index (χ3n) is 3.68. The van der Waals surface area contributed by atoms with Crippen molar-refractivity contribution in [2.45, 2.75) is 10.6 Å². The Kier molecular flexibility index (Phi) is 5.13. The van der Waals surface area contributed by atoms with Gasteiger partial charge in [-0.05, 0) is 29.8 Å². The molecular formula is C18H17N3O4S. The molecular weight excluding hydrogens is 354 g/mol. The number of rotatable bonds is 6. The van der Waals surface area contributed by atoms with Crippen LogP contribution in [-0.2, 0) is 15.6 Å². The number of hydrogen-bond donors (Lipinski definition) is 0. The van der Waals surface area contributed by atoms with Gasteiger partial charge in [0.15, 0.2) is 15.7 Å². The van der Waals surface area contributed by atoms with Gasteiger partial charge in [0, 0.05) is 36.4 Å². The monoisotopic (exact) mass is 371 g/mol. The average Bonchev–Trinajstić information content (AvgIpc) is 2.68. The van der Waals surface area contributed by atoms with Gasteiger partial charge in [0.25, 0.3) is 0 Å². The first kappa shape index (κ1) is 17.8. The molecule has 0 N–H and O–H groups in total. The summed E-state index contributed by atoms with van der Waals surface area (Å²) in [6.07, 6.45) is 6.34. The van der Waals surface area contributed by atoms with Gasteiger partial charge in [-0.15, -0.1) is 0 Å². The van der Waals surface area contributed by atoms with Crippen LogP contribution in [0.5, 0.6) is 11.5 Å². The molecule has 8 heteroatoms. The number of pyridine rings is 1. The molecule has 0 radical (unpaired) electrons. The van der Waals surface area contributed by atoms with Crippen LogP contribution in [0.2, 0.25) is 0 Å². The minimum atomic E-state index is -3.67. The van der Waals surface area contributed by atoms with Gasteiger partial charge in [-0.25, -0.2) is 18.4 Å². The Morgan fingerprint density at radius 2 is 1.77 bits per heavy atom. The first-order chi connectivity index (χ1) is 12.5. The van der Waals surface area contributed by atoms with Crippen LogP contribution in [0, 0.1) is 0 Å². The number of sulfone groups is 1. The maximum Gasteiger partial charge on any atom is 0.186 e. The van der Waals surface area contributed by atoms with Gasteiger partial charge in [-0.3, -0.25) is 4.98 Å². The molecule has 0 spiro atoms. The van der Waals surface area contributed by atoms with Crippen molar-refractivity contribution >= 4 is 9.84 Å². The third-order valence-corrected chi connectivity index (χ3v) is 5.38. The van der Waals surface area contributed by atoms with Crippen LogP contribution in [0.3, 0.4) is 0 Å². The highest BCUT2D eigenvalue weighted by Gasteiger charge is 2.22. The van der Waals surface area contributed by atoms with Crippen molar-refractivity contribution in [2.75, 3.05) is 14.2 Å². The second kappa shape index (κ2) is 7.49. The van der Waals surface area contributed by atoms with Gasteiger partial charge in [0.1, 0.15) is 16.4 Å². The number of benzene rings is 1. The summed E-state index contributed by atoms with van der Waals surface area (Å²) in [5.74, 6) is 0.956. The van der Waals surface area contributed by atoms with Gasteiger partial charge in [0.2, 0.25) is 0 Å². The molecule has 2 heterocycles. The standard InChI is InChI=1S/C18H17N3O4S/c1-24-15-4-5-16(25-2)17(9-15)26(22,23)12-13-8-14(11-19-10-13)18-20-6-3-7-21-18/h3-11H,12H2,1-2H3. The Morgan fingerprint density at radius 3 is 2.46 bits per heavy atom. The van der Waals surface area contributed by atoms with Crippen LogP contribution in [0.15, 0.2) is 60.0 Å². The van der Waals surface area contributed by atoms with E-state index in [4.69, 9.17) is 9.47 Å². The van der Waals surface area contributed by atoms with E-state index < -0.39 is 9.84 Å². The van der Waals surface area contributed by atoms with Crippen LogP contribution in [0.1, 0.15) is 5.56 Å². The average molecular weight is 371 g/mol. The molecule has 0 aliphatic carbocycles. The van der Waals surface area contributed by atoms with Crippen molar-refractivity contribution in [3.63, 3.8) is 0 Å². The molecule has 0 bridgehead atoms. The fourth-order valence-corrected chi connectivity index (χ4v) is 3.97. The Bertz CT molecular complexity index is 1010. The predicted octanol–water partition coefficient (Wildman–Crippen LogP) is 2.53. The van der Waals surface area contributed by atoms with Crippen LogP contribution in [-0.4, -0.2) is 37.6 Å². The molecule has 26 heavy (non-hydrogen) atoms. The molecule has 3 aromatic rings. The van der Waals surface area contributed by atoms with E-state index in [1.54, 1.807) is 42.9 Å². The lowest BCUT2D eigenvalue weighted by molar-refractivity contribution is 0.392. The van der Waals surface area contributed by atoms with Crippen molar-refractivity contribution < 1.29 is 17.9 Å². The van der Waals surface area contributed by atoms with Gasteiger partial charge < -0.3 is 9.47 Å². The zero-order valence-corrected chi connectivity index (χ0v) is 15.1. The first-order valence-electron chi connectivity index (χ1n) is 7.69. The summed E-state index contributed by atoms with van der Waals surface area (Å²) in [6, 6.07) is 8.09. The van der Waals surface area contributed by atoms with Gasteiger partial charge >= 0.3 is 0 Å². The van der Waals surface area contributed by atoms with Crippen molar-refractivity contribution in [2.24, 2.45) is 0 Å². The molecule has 0 saturated carbocycles. The number of methoxy groups -OCH3 is 2. The van der Waals surface area contributed by atoms with E-state index >= 15 is 0 Å². The van der Waals surface area contributed by atoms with E-state index in [1.807, 2.05) is 0 Å². The lowest BCUT2D eigenvalue weighted by Crippen LogP contribution is -2.08. The summed E-state index contributed by atoms with van der Waals surface area (Å²) < 4.78 is 36.1. The molecule has 0 atom stereocenters. The first-order valence-corrected chi connectivity index (χ1v) is 9.35. The lowest BCUT2D eigenvalue weighted by atomic mass is 10.2. The molecule has 134 valence electrons. The molecule has 0 amide bonds. The second-order valence-corrected chi connectivity index (χ2v) is 7.39. The summed E-state index contributed by atoms with van der Waals surface area (Å²) in [7, 11) is -0.769. The molecule has 0 saturated heterocycles. The van der Waals surface area contributed by atoms with Gasteiger partial charge in [-0.1, -0.05) is 0 Å². The second-order valence-electron chi connectivity index (χ2n) is 5.43. The molecule has 1 aromatic carbocycles. The SMILES string of the molecule is COc1ccc(OC)c(S(=O)(=O)Cc2cncc(-c3ncccn3)c2)c1. The number of nitrogens with zero attached hydrogens (tertiary/aromatic N) is 3. The van der Waals surface area contributed by atoms with Gasteiger partial charge in [0.05, 0.1) is 20.0 Å². The predicted molar refractivity (Wildman–Crippen MR) is 95.7 cm³/mol. The van der Waals surface area contributed by atoms with Crippen molar-refractivity contribution in [3.8, 4) is 22.9 Å². The highest BCUT2D eigenvalue weighted by atomic mass is 32.2. The Balaban J connectivity index is 1.96. The highest BCUT2D eigenvalue weighted by Crippen LogP contribution is 2.30. The zero-order chi connectivity index (χ0) is 18.6. The highest BCUT2D eigenvalue weighted by molar-refractivity contribution is 7.90. The summed E-state index contributed by atoms with van der Waals surface area (Å²) in [5, 5.41) is 0. The molecule has 3 rings (SSSR count). The summed E-state index contributed by atoms with van der Waals surface area (Å²) in [4.78, 5) is 12.5. The van der Waals surface area contributed by atoms with Crippen LogP contribution in [0.25, 0.3) is 11.4 Å². The summed E-state index contributed by atoms with van der Waals surface area (Å²) in [6.45, 7) is 0. The zero-order valence-electron chi connectivity index (χ0n) is 14.3. The topological polar surface area (TPSA) is 91.3 Å².